The van der Waals surface area contributed by atoms with Crippen molar-refractivity contribution in [3.8, 4) is 78.4 Å². The highest BCUT2D eigenvalue weighted by atomic mass is 16.3. The Bertz CT molecular complexity index is 3550. The molecule has 9 aromatic carbocycles. The predicted octanol–water partition coefficient (Wildman–Crippen LogP) is 15.9. The number of fused-ring (bicyclic) bond motifs is 6. The maximum Gasteiger partial charge on any atom is 0.160 e. The SMILES string of the molecule is c1ccc(-c2cc(-c3ccccc3)cc(-c3nc(-c4ccccc4)cc(-c4ccc(-c5ccc(-c6ccc7c(c6)oc6ccccc67)c6c5oc5ccccc56)cc4)n3)c2)cc1. The first-order valence-electron chi connectivity index (χ1n) is 20.9. The summed E-state index contributed by atoms with van der Waals surface area (Å²) < 4.78 is 13.0. The Labute approximate surface area is 358 Å². The highest BCUT2D eigenvalue weighted by molar-refractivity contribution is 6.17. The van der Waals surface area contributed by atoms with Gasteiger partial charge in [0.05, 0.1) is 11.4 Å². The minimum absolute atomic E-state index is 0.667. The molecule has 0 aliphatic carbocycles. The third kappa shape index (κ3) is 6.25. The summed E-state index contributed by atoms with van der Waals surface area (Å²) in [7, 11) is 0. The second kappa shape index (κ2) is 14.7. The van der Waals surface area contributed by atoms with Crippen molar-refractivity contribution in [3.05, 3.63) is 218 Å². The molecule has 0 amide bonds. The van der Waals surface area contributed by atoms with Crippen molar-refractivity contribution < 1.29 is 8.83 Å². The highest BCUT2D eigenvalue weighted by Gasteiger charge is 2.19. The normalized spacial score (nSPS) is 11.5. The zero-order chi connectivity index (χ0) is 41.0. The van der Waals surface area contributed by atoms with Gasteiger partial charge in [0.25, 0.3) is 0 Å². The van der Waals surface area contributed by atoms with Gasteiger partial charge in [-0.3, -0.25) is 0 Å². The molecule has 0 aliphatic heterocycles. The number of nitrogens with zero attached hydrogens (tertiary/aromatic N) is 2. The summed E-state index contributed by atoms with van der Waals surface area (Å²) >= 11 is 0. The van der Waals surface area contributed by atoms with E-state index in [0.717, 1.165) is 116 Å². The Balaban J connectivity index is 0.976. The van der Waals surface area contributed by atoms with Gasteiger partial charge in [-0.05, 0) is 93.5 Å². The third-order valence-corrected chi connectivity index (χ3v) is 11.9. The first kappa shape index (κ1) is 35.6. The smallest absolute Gasteiger partial charge is 0.160 e. The fraction of sp³-hybridized carbons (Fsp3) is 0. The topological polar surface area (TPSA) is 52.1 Å². The summed E-state index contributed by atoms with van der Waals surface area (Å²) in [6.07, 6.45) is 0. The Kier molecular flexibility index (Phi) is 8.46. The van der Waals surface area contributed by atoms with Gasteiger partial charge in [-0.15, -0.1) is 0 Å². The molecule has 4 nitrogen and oxygen atoms in total. The average molecular weight is 793 g/mol. The van der Waals surface area contributed by atoms with Gasteiger partial charge in [0, 0.05) is 43.8 Å². The number of para-hydroxylation sites is 2. The van der Waals surface area contributed by atoms with Gasteiger partial charge in [-0.1, -0.05) is 164 Å². The van der Waals surface area contributed by atoms with Crippen LogP contribution < -0.4 is 0 Å². The second-order valence-corrected chi connectivity index (χ2v) is 15.7. The van der Waals surface area contributed by atoms with Crippen LogP contribution in [0.5, 0.6) is 0 Å². The van der Waals surface area contributed by atoms with Crippen LogP contribution in [0.15, 0.2) is 227 Å². The Morgan fingerprint density at radius 2 is 0.758 bits per heavy atom. The van der Waals surface area contributed by atoms with Crippen LogP contribution in [0.1, 0.15) is 0 Å². The van der Waals surface area contributed by atoms with Crippen LogP contribution in [0.2, 0.25) is 0 Å². The minimum atomic E-state index is 0.667. The number of furan rings is 2. The van der Waals surface area contributed by atoms with Crippen molar-refractivity contribution in [1.29, 1.82) is 0 Å². The van der Waals surface area contributed by atoms with Crippen LogP contribution in [0, 0.1) is 0 Å². The van der Waals surface area contributed by atoms with Crippen LogP contribution in [-0.4, -0.2) is 9.97 Å². The molecule has 0 atom stereocenters. The Morgan fingerprint density at radius 1 is 0.274 bits per heavy atom. The van der Waals surface area contributed by atoms with E-state index in [4.69, 9.17) is 18.8 Å². The van der Waals surface area contributed by atoms with E-state index in [0.29, 0.717) is 5.82 Å². The largest absolute Gasteiger partial charge is 0.456 e. The van der Waals surface area contributed by atoms with Gasteiger partial charge >= 0.3 is 0 Å². The van der Waals surface area contributed by atoms with E-state index in [9.17, 15) is 0 Å². The van der Waals surface area contributed by atoms with E-state index < -0.39 is 0 Å². The quantitative estimate of drug-likeness (QED) is 0.161. The van der Waals surface area contributed by atoms with Crippen LogP contribution in [0.3, 0.4) is 0 Å². The summed E-state index contributed by atoms with van der Waals surface area (Å²) in [6.45, 7) is 0. The summed E-state index contributed by atoms with van der Waals surface area (Å²) in [5.74, 6) is 0.667. The van der Waals surface area contributed by atoms with Crippen molar-refractivity contribution in [2.75, 3.05) is 0 Å². The van der Waals surface area contributed by atoms with Crippen molar-refractivity contribution in [2.24, 2.45) is 0 Å². The molecule has 3 heterocycles. The highest BCUT2D eigenvalue weighted by Crippen LogP contribution is 2.43. The third-order valence-electron chi connectivity index (χ3n) is 11.9. The summed E-state index contributed by atoms with van der Waals surface area (Å²) in [5.41, 5.74) is 16.9. The molecular formula is C58H36N2O2. The molecule has 0 N–H and O–H groups in total. The van der Waals surface area contributed by atoms with Gasteiger partial charge in [-0.2, -0.15) is 0 Å². The molecule has 0 fully saturated rings. The maximum absolute atomic E-state index is 6.72. The molecular weight excluding hydrogens is 757 g/mol. The zero-order valence-electron chi connectivity index (χ0n) is 33.5. The predicted molar refractivity (Wildman–Crippen MR) is 255 cm³/mol. The number of rotatable bonds is 7. The molecule has 0 saturated carbocycles. The monoisotopic (exact) mass is 792 g/mol. The van der Waals surface area contributed by atoms with Crippen LogP contribution in [0.4, 0.5) is 0 Å². The van der Waals surface area contributed by atoms with Crippen LogP contribution >= 0.6 is 0 Å². The van der Waals surface area contributed by atoms with Crippen molar-refractivity contribution >= 4 is 43.9 Å². The van der Waals surface area contributed by atoms with E-state index in [1.54, 1.807) is 0 Å². The number of hydrogen-bond donors (Lipinski definition) is 0. The fourth-order valence-corrected chi connectivity index (χ4v) is 8.84. The van der Waals surface area contributed by atoms with E-state index in [1.165, 1.54) is 0 Å². The standard InChI is InChI=1S/C58H36N2O2/c1-4-14-37(15-5-1)43-32-44(38-16-6-2-7-17-38)34-45(33-43)58-59-51(40-18-8-3-9-19-40)36-52(60-58)41-26-24-39(25-27-41)47-31-30-46(56-50-21-11-13-23-54(50)62-57(47)56)42-28-29-49-48-20-10-12-22-53(48)61-55(49)35-42/h1-36H. The average Bonchev–Trinajstić information content (AvgIpc) is 3.93. The van der Waals surface area contributed by atoms with Crippen molar-refractivity contribution in [1.82, 2.24) is 9.97 Å². The summed E-state index contributed by atoms with van der Waals surface area (Å²) in [6, 6.07) is 76.2. The lowest BCUT2D eigenvalue weighted by Crippen LogP contribution is -1.97. The lowest BCUT2D eigenvalue weighted by atomic mass is 9.93. The zero-order valence-corrected chi connectivity index (χ0v) is 33.5. The maximum atomic E-state index is 6.72. The molecule has 0 aliphatic rings. The van der Waals surface area contributed by atoms with E-state index in [-0.39, 0.29) is 0 Å². The molecule has 4 heteroatoms. The van der Waals surface area contributed by atoms with Gasteiger partial charge in [0.1, 0.15) is 22.3 Å². The molecule has 0 bridgehead atoms. The molecule has 0 spiro atoms. The second-order valence-electron chi connectivity index (χ2n) is 15.7. The Hall–Kier alpha value is -8.34. The number of aromatic nitrogens is 2. The van der Waals surface area contributed by atoms with Crippen molar-refractivity contribution in [2.45, 2.75) is 0 Å². The van der Waals surface area contributed by atoms with Crippen molar-refractivity contribution in [3.63, 3.8) is 0 Å². The molecule has 62 heavy (non-hydrogen) atoms. The number of benzene rings is 9. The fourth-order valence-electron chi connectivity index (χ4n) is 8.84. The number of hydrogen-bond acceptors (Lipinski definition) is 4. The van der Waals surface area contributed by atoms with E-state index >= 15 is 0 Å². The molecule has 0 radical (unpaired) electrons. The minimum Gasteiger partial charge on any atom is -0.456 e. The first-order chi connectivity index (χ1) is 30.7. The van der Waals surface area contributed by atoms with Gasteiger partial charge < -0.3 is 8.83 Å². The molecule has 290 valence electrons. The lowest BCUT2D eigenvalue weighted by molar-refractivity contribution is 0.668. The van der Waals surface area contributed by atoms with E-state index in [2.05, 4.69) is 176 Å². The van der Waals surface area contributed by atoms with E-state index in [1.807, 2.05) is 42.5 Å². The first-order valence-corrected chi connectivity index (χ1v) is 20.9. The molecule has 12 aromatic rings. The van der Waals surface area contributed by atoms with Crippen LogP contribution in [-0.2, 0) is 0 Å². The van der Waals surface area contributed by atoms with Gasteiger partial charge in [0.15, 0.2) is 5.82 Å². The lowest BCUT2D eigenvalue weighted by Gasteiger charge is -2.13. The van der Waals surface area contributed by atoms with Gasteiger partial charge in [-0.25, -0.2) is 9.97 Å². The molecule has 0 unspecified atom stereocenters. The summed E-state index contributed by atoms with van der Waals surface area (Å²) in [5, 5.41) is 4.39. The molecule has 0 saturated heterocycles. The molecule has 3 aromatic heterocycles. The molecule has 12 rings (SSSR count). The van der Waals surface area contributed by atoms with Gasteiger partial charge in [0.2, 0.25) is 0 Å². The summed E-state index contributed by atoms with van der Waals surface area (Å²) in [4.78, 5) is 10.5. The Morgan fingerprint density at radius 3 is 1.42 bits per heavy atom. The van der Waals surface area contributed by atoms with Crippen LogP contribution in [0.25, 0.3) is 122 Å².